The molecule has 2 aliphatic rings. The van der Waals surface area contributed by atoms with Crippen molar-refractivity contribution >= 4 is 5.91 Å². The molecule has 1 saturated heterocycles. The topological polar surface area (TPSA) is 46.3 Å². The van der Waals surface area contributed by atoms with E-state index in [1.807, 2.05) is 0 Å². The first-order chi connectivity index (χ1) is 8.52. The zero-order valence-corrected chi connectivity index (χ0v) is 12.0. The summed E-state index contributed by atoms with van der Waals surface area (Å²) < 4.78 is 0. The number of hydrogen-bond acceptors (Lipinski definition) is 2. The Bertz CT molecular complexity index is 299. The molecule has 2 unspecified atom stereocenters. The summed E-state index contributed by atoms with van der Waals surface area (Å²) in [4.78, 5) is 14.6. The van der Waals surface area contributed by atoms with Gasteiger partial charge in [0.15, 0.2) is 0 Å². The van der Waals surface area contributed by atoms with Crippen molar-refractivity contribution < 1.29 is 4.79 Å². The summed E-state index contributed by atoms with van der Waals surface area (Å²) in [5, 5.41) is 0. The quantitative estimate of drug-likeness (QED) is 0.838. The van der Waals surface area contributed by atoms with E-state index in [1.54, 1.807) is 0 Å². The number of hydrogen-bond donors (Lipinski definition) is 1. The van der Waals surface area contributed by atoms with Crippen LogP contribution in [0.5, 0.6) is 0 Å². The van der Waals surface area contributed by atoms with Gasteiger partial charge in [-0.1, -0.05) is 26.7 Å². The smallest absolute Gasteiger partial charge is 0.225 e. The first-order valence-electron chi connectivity index (χ1n) is 7.51. The molecule has 1 saturated carbocycles. The normalized spacial score (nSPS) is 31.6. The molecule has 1 aliphatic carbocycles. The SMILES string of the molecule is CC1(C)CCN(C(=O)C2CCCC(CCN)C2)C1. The van der Waals surface area contributed by atoms with E-state index in [-0.39, 0.29) is 5.92 Å². The molecule has 1 heterocycles. The predicted octanol–water partition coefficient (Wildman–Crippen LogP) is 2.40. The third kappa shape index (κ3) is 3.25. The van der Waals surface area contributed by atoms with E-state index in [9.17, 15) is 4.79 Å². The number of nitrogens with zero attached hydrogens (tertiary/aromatic N) is 1. The Morgan fingerprint density at radius 1 is 1.39 bits per heavy atom. The van der Waals surface area contributed by atoms with Gasteiger partial charge in [-0.3, -0.25) is 4.79 Å². The molecule has 2 rings (SSSR count). The number of nitrogens with two attached hydrogens (primary N) is 1. The van der Waals surface area contributed by atoms with Crippen LogP contribution in [0.2, 0.25) is 0 Å². The van der Waals surface area contributed by atoms with E-state index < -0.39 is 0 Å². The zero-order valence-electron chi connectivity index (χ0n) is 12.0. The Morgan fingerprint density at radius 2 is 2.17 bits per heavy atom. The molecule has 0 bridgehead atoms. The Morgan fingerprint density at radius 3 is 2.78 bits per heavy atom. The van der Waals surface area contributed by atoms with E-state index >= 15 is 0 Å². The highest BCUT2D eigenvalue weighted by Gasteiger charge is 2.36. The van der Waals surface area contributed by atoms with Crippen molar-refractivity contribution in [3.05, 3.63) is 0 Å². The lowest BCUT2D eigenvalue weighted by Crippen LogP contribution is -2.37. The van der Waals surface area contributed by atoms with Crippen molar-refractivity contribution in [2.24, 2.45) is 23.0 Å². The molecule has 1 amide bonds. The maximum Gasteiger partial charge on any atom is 0.225 e. The van der Waals surface area contributed by atoms with Gasteiger partial charge in [-0.2, -0.15) is 0 Å². The van der Waals surface area contributed by atoms with Gasteiger partial charge in [-0.25, -0.2) is 0 Å². The number of likely N-dealkylation sites (tertiary alicyclic amines) is 1. The summed E-state index contributed by atoms with van der Waals surface area (Å²) in [5.41, 5.74) is 5.96. The predicted molar refractivity (Wildman–Crippen MR) is 74.1 cm³/mol. The van der Waals surface area contributed by atoms with Crippen LogP contribution in [0, 0.1) is 17.3 Å². The second-order valence-electron chi connectivity index (χ2n) is 6.98. The van der Waals surface area contributed by atoms with Gasteiger partial charge in [0.25, 0.3) is 0 Å². The van der Waals surface area contributed by atoms with Crippen LogP contribution < -0.4 is 5.73 Å². The fraction of sp³-hybridized carbons (Fsp3) is 0.933. The van der Waals surface area contributed by atoms with Crippen molar-refractivity contribution in [1.82, 2.24) is 4.90 Å². The average molecular weight is 252 g/mol. The van der Waals surface area contributed by atoms with Gasteiger partial charge < -0.3 is 10.6 Å². The summed E-state index contributed by atoms with van der Waals surface area (Å²) in [5.74, 6) is 1.39. The number of rotatable bonds is 3. The van der Waals surface area contributed by atoms with Gasteiger partial charge in [0.05, 0.1) is 0 Å². The maximum absolute atomic E-state index is 12.5. The van der Waals surface area contributed by atoms with E-state index in [2.05, 4.69) is 18.7 Å². The van der Waals surface area contributed by atoms with Crippen LogP contribution in [-0.2, 0) is 4.79 Å². The molecule has 0 radical (unpaired) electrons. The first-order valence-corrected chi connectivity index (χ1v) is 7.51. The summed E-state index contributed by atoms with van der Waals surface area (Å²) in [7, 11) is 0. The molecule has 0 spiro atoms. The Labute approximate surface area is 111 Å². The molecule has 0 aromatic rings. The molecule has 2 fully saturated rings. The lowest BCUT2D eigenvalue weighted by molar-refractivity contribution is -0.136. The van der Waals surface area contributed by atoms with Crippen LogP contribution in [-0.4, -0.2) is 30.4 Å². The zero-order chi connectivity index (χ0) is 13.2. The fourth-order valence-electron chi connectivity index (χ4n) is 3.57. The summed E-state index contributed by atoms with van der Waals surface area (Å²) in [6.07, 6.45) is 6.89. The minimum atomic E-state index is 0.282. The molecule has 2 N–H and O–H groups in total. The van der Waals surface area contributed by atoms with Crippen molar-refractivity contribution in [2.45, 2.75) is 52.4 Å². The monoisotopic (exact) mass is 252 g/mol. The van der Waals surface area contributed by atoms with Gasteiger partial charge in [0, 0.05) is 19.0 Å². The third-order valence-electron chi connectivity index (χ3n) is 4.70. The van der Waals surface area contributed by atoms with Gasteiger partial charge in [-0.05, 0) is 43.6 Å². The molecule has 104 valence electrons. The number of amides is 1. The number of carbonyl (C=O) groups excluding carboxylic acids is 1. The standard InChI is InChI=1S/C15H28N2O/c1-15(2)7-9-17(11-15)14(18)13-5-3-4-12(10-13)6-8-16/h12-13H,3-11,16H2,1-2H3. The summed E-state index contributed by atoms with van der Waals surface area (Å²) in [6, 6.07) is 0. The van der Waals surface area contributed by atoms with Crippen molar-refractivity contribution in [2.75, 3.05) is 19.6 Å². The average Bonchev–Trinajstić information content (AvgIpc) is 2.70. The van der Waals surface area contributed by atoms with Crippen LogP contribution in [0.25, 0.3) is 0 Å². The van der Waals surface area contributed by atoms with Gasteiger partial charge in [-0.15, -0.1) is 0 Å². The molecule has 3 nitrogen and oxygen atoms in total. The largest absolute Gasteiger partial charge is 0.342 e. The van der Waals surface area contributed by atoms with Gasteiger partial charge in [0.1, 0.15) is 0 Å². The lowest BCUT2D eigenvalue weighted by Gasteiger charge is -2.31. The Kier molecular flexibility index (Phi) is 4.31. The van der Waals surface area contributed by atoms with Crippen molar-refractivity contribution in [3.63, 3.8) is 0 Å². The molecular formula is C15H28N2O. The van der Waals surface area contributed by atoms with E-state index in [4.69, 9.17) is 5.73 Å². The first kappa shape index (κ1) is 13.9. The van der Waals surface area contributed by atoms with Crippen LogP contribution in [0.15, 0.2) is 0 Å². The second kappa shape index (κ2) is 5.60. The molecule has 3 heteroatoms. The molecule has 2 atom stereocenters. The molecular weight excluding hydrogens is 224 g/mol. The minimum Gasteiger partial charge on any atom is -0.342 e. The highest BCUT2D eigenvalue weighted by molar-refractivity contribution is 5.79. The number of carbonyl (C=O) groups is 1. The van der Waals surface area contributed by atoms with E-state index in [1.165, 1.54) is 12.8 Å². The Balaban J connectivity index is 1.89. The van der Waals surface area contributed by atoms with E-state index in [0.717, 1.165) is 45.3 Å². The van der Waals surface area contributed by atoms with Crippen molar-refractivity contribution in [1.29, 1.82) is 0 Å². The maximum atomic E-state index is 12.5. The lowest BCUT2D eigenvalue weighted by atomic mass is 9.79. The summed E-state index contributed by atoms with van der Waals surface area (Å²) >= 11 is 0. The highest BCUT2D eigenvalue weighted by Crippen LogP contribution is 2.35. The summed E-state index contributed by atoms with van der Waals surface area (Å²) in [6.45, 7) is 7.20. The molecule has 1 aliphatic heterocycles. The molecule has 0 aromatic carbocycles. The Hall–Kier alpha value is -0.570. The third-order valence-corrected chi connectivity index (χ3v) is 4.70. The molecule has 18 heavy (non-hydrogen) atoms. The van der Waals surface area contributed by atoms with Crippen LogP contribution in [0.4, 0.5) is 0 Å². The van der Waals surface area contributed by atoms with Gasteiger partial charge in [0.2, 0.25) is 5.91 Å². The van der Waals surface area contributed by atoms with Gasteiger partial charge >= 0.3 is 0 Å². The van der Waals surface area contributed by atoms with E-state index in [0.29, 0.717) is 17.2 Å². The minimum absolute atomic E-state index is 0.282. The fourth-order valence-corrected chi connectivity index (χ4v) is 3.57. The second-order valence-corrected chi connectivity index (χ2v) is 6.98. The van der Waals surface area contributed by atoms with Crippen LogP contribution >= 0.6 is 0 Å². The molecule has 0 aromatic heterocycles. The van der Waals surface area contributed by atoms with Crippen LogP contribution in [0.3, 0.4) is 0 Å². The van der Waals surface area contributed by atoms with Crippen LogP contribution in [0.1, 0.15) is 52.4 Å². The highest BCUT2D eigenvalue weighted by atomic mass is 16.2. The van der Waals surface area contributed by atoms with Crippen molar-refractivity contribution in [3.8, 4) is 0 Å².